The third-order valence-electron chi connectivity index (χ3n) is 3.01. The Morgan fingerprint density at radius 2 is 2.08 bits per heavy atom. The molecule has 5 nitrogen and oxygen atoms in total. The first-order valence-corrected chi connectivity index (χ1v) is 8.73. The average Bonchev–Trinajstić information content (AvgIpc) is 2.57. The van der Waals surface area contributed by atoms with E-state index in [4.69, 9.17) is 9.47 Å². The van der Waals surface area contributed by atoms with Gasteiger partial charge in [-0.15, -0.1) is 0 Å². The smallest absolute Gasteiger partial charge is 0.271 e. The lowest BCUT2D eigenvalue weighted by Crippen LogP contribution is -2.17. The van der Waals surface area contributed by atoms with Crippen LogP contribution in [0.1, 0.15) is 22.8 Å². The predicted octanol–water partition coefficient (Wildman–Crippen LogP) is 4.38. The summed E-state index contributed by atoms with van der Waals surface area (Å²) in [6.07, 6.45) is 1.54. The number of ether oxygens (including phenoxy) is 2. The number of carbonyl (C=O) groups is 1. The summed E-state index contributed by atoms with van der Waals surface area (Å²) in [5.41, 5.74) is 3.77. The molecule has 126 valence electrons. The van der Waals surface area contributed by atoms with Crippen molar-refractivity contribution in [1.82, 2.24) is 5.43 Å². The molecule has 2 aromatic carbocycles. The normalized spacial score (nSPS) is 10.7. The summed E-state index contributed by atoms with van der Waals surface area (Å²) in [4.78, 5) is 12.0. The molecule has 0 spiro atoms. The van der Waals surface area contributed by atoms with Gasteiger partial charge in [-0.1, -0.05) is 22.0 Å². The number of hydrogen-bond donors (Lipinski definition) is 1. The summed E-state index contributed by atoms with van der Waals surface area (Å²) in [6, 6.07) is 10.7. The number of nitrogens with zero attached hydrogens (tertiary/aromatic N) is 1. The molecule has 0 radical (unpaired) electrons. The summed E-state index contributed by atoms with van der Waals surface area (Å²) in [7, 11) is 1.57. The number of carbonyl (C=O) groups excluding carboxylic acids is 1. The summed E-state index contributed by atoms with van der Waals surface area (Å²) in [6.45, 7) is 2.43. The summed E-state index contributed by atoms with van der Waals surface area (Å²) >= 11 is 6.78. The molecule has 1 N–H and O–H groups in total. The molecule has 7 heteroatoms. The van der Waals surface area contributed by atoms with Crippen molar-refractivity contribution in [3.05, 3.63) is 56.5 Å². The third kappa shape index (κ3) is 4.82. The number of hydrogen-bond acceptors (Lipinski definition) is 4. The zero-order chi connectivity index (χ0) is 17.5. The lowest BCUT2D eigenvalue weighted by atomic mass is 10.2. The molecule has 0 bridgehead atoms. The summed E-state index contributed by atoms with van der Waals surface area (Å²) < 4.78 is 12.4. The Bertz CT molecular complexity index is 763. The van der Waals surface area contributed by atoms with E-state index in [1.807, 2.05) is 19.1 Å². The zero-order valence-corrected chi connectivity index (χ0v) is 16.3. The van der Waals surface area contributed by atoms with Gasteiger partial charge in [-0.05, 0) is 58.7 Å². The Labute approximate surface area is 157 Å². The molecule has 2 rings (SSSR count). The highest BCUT2D eigenvalue weighted by Crippen LogP contribution is 2.36. The van der Waals surface area contributed by atoms with E-state index in [0.717, 1.165) is 14.5 Å². The van der Waals surface area contributed by atoms with Crippen LogP contribution in [0, 0.1) is 0 Å². The fourth-order valence-electron chi connectivity index (χ4n) is 1.96. The molecule has 0 saturated heterocycles. The van der Waals surface area contributed by atoms with Crippen molar-refractivity contribution in [3.63, 3.8) is 0 Å². The highest BCUT2D eigenvalue weighted by atomic mass is 79.9. The maximum Gasteiger partial charge on any atom is 0.271 e. The quantitative estimate of drug-likeness (QED) is 0.519. The predicted molar refractivity (Wildman–Crippen MR) is 101 cm³/mol. The SMILES string of the molecule is CCOc1c(Br)cc(/C=N\NC(=O)c2cccc(Br)c2)cc1OC. The van der Waals surface area contributed by atoms with Gasteiger partial charge in [0.1, 0.15) is 0 Å². The molecule has 0 aliphatic carbocycles. The molecule has 0 atom stereocenters. The van der Waals surface area contributed by atoms with Gasteiger partial charge in [0.05, 0.1) is 24.4 Å². The van der Waals surface area contributed by atoms with Crippen molar-refractivity contribution in [1.29, 1.82) is 0 Å². The van der Waals surface area contributed by atoms with Crippen LogP contribution in [0.15, 0.2) is 50.4 Å². The highest BCUT2D eigenvalue weighted by molar-refractivity contribution is 9.10. The fraction of sp³-hybridized carbons (Fsp3) is 0.176. The number of methoxy groups -OCH3 is 1. The minimum absolute atomic E-state index is 0.287. The third-order valence-corrected chi connectivity index (χ3v) is 4.09. The van der Waals surface area contributed by atoms with E-state index in [1.54, 1.807) is 37.6 Å². The molecule has 0 fully saturated rings. The Morgan fingerprint density at radius 1 is 1.29 bits per heavy atom. The van der Waals surface area contributed by atoms with Gasteiger partial charge < -0.3 is 9.47 Å². The van der Waals surface area contributed by atoms with Gasteiger partial charge in [0.15, 0.2) is 11.5 Å². The Kier molecular flexibility index (Phi) is 6.81. The van der Waals surface area contributed by atoms with Gasteiger partial charge >= 0.3 is 0 Å². The van der Waals surface area contributed by atoms with E-state index in [1.165, 1.54) is 0 Å². The van der Waals surface area contributed by atoms with Gasteiger partial charge in [-0.25, -0.2) is 5.43 Å². The average molecular weight is 456 g/mol. The monoisotopic (exact) mass is 454 g/mol. The molecule has 0 heterocycles. The van der Waals surface area contributed by atoms with Crippen molar-refractivity contribution in [2.45, 2.75) is 6.92 Å². The molecule has 0 unspecified atom stereocenters. The molecule has 0 aromatic heterocycles. The van der Waals surface area contributed by atoms with E-state index in [9.17, 15) is 4.79 Å². The van der Waals surface area contributed by atoms with Crippen LogP contribution in [0.5, 0.6) is 11.5 Å². The Morgan fingerprint density at radius 3 is 2.75 bits per heavy atom. The number of nitrogens with one attached hydrogen (secondary N) is 1. The van der Waals surface area contributed by atoms with Crippen LogP contribution >= 0.6 is 31.9 Å². The second-order valence-electron chi connectivity index (χ2n) is 4.68. The Hall–Kier alpha value is -1.86. The lowest BCUT2D eigenvalue weighted by Gasteiger charge is -2.11. The van der Waals surface area contributed by atoms with Crippen molar-refractivity contribution >= 4 is 44.0 Å². The van der Waals surface area contributed by atoms with Crippen LogP contribution in [-0.4, -0.2) is 25.8 Å². The van der Waals surface area contributed by atoms with Gasteiger partial charge in [0.2, 0.25) is 0 Å². The van der Waals surface area contributed by atoms with Crippen molar-refractivity contribution in [2.24, 2.45) is 5.10 Å². The van der Waals surface area contributed by atoms with Crippen molar-refractivity contribution in [2.75, 3.05) is 13.7 Å². The first-order valence-electron chi connectivity index (χ1n) is 7.14. The topological polar surface area (TPSA) is 59.9 Å². The van der Waals surface area contributed by atoms with Crippen molar-refractivity contribution in [3.8, 4) is 11.5 Å². The minimum Gasteiger partial charge on any atom is -0.493 e. The van der Waals surface area contributed by atoms with Crippen LogP contribution in [0.25, 0.3) is 0 Å². The fourth-order valence-corrected chi connectivity index (χ4v) is 2.93. The molecule has 0 aliphatic rings. The zero-order valence-electron chi connectivity index (χ0n) is 13.2. The molecule has 24 heavy (non-hydrogen) atoms. The number of amides is 1. The van der Waals surface area contributed by atoms with E-state index in [0.29, 0.717) is 23.7 Å². The first-order chi connectivity index (χ1) is 11.5. The first kappa shape index (κ1) is 18.5. The van der Waals surface area contributed by atoms with Gasteiger partial charge in [0.25, 0.3) is 5.91 Å². The van der Waals surface area contributed by atoms with E-state index < -0.39 is 0 Å². The second-order valence-corrected chi connectivity index (χ2v) is 6.45. The van der Waals surface area contributed by atoms with Crippen LogP contribution in [0.3, 0.4) is 0 Å². The van der Waals surface area contributed by atoms with Crippen LogP contribution < -0.4 is 14.9 Å². The van der Waals surface area contributed by atoms with Gasteiger partial charge in [-0.2, -0.15) is 5.10 Å². The molecule has 2 aromatic rings. The highest BCUT2D eigenvalue weighted by Gasteiger charge is 2.10. The second kappa shape index (κ2) is 8.84. The van der Waals surface area contributed by atoms with Gasteiger partial charge in [-0.3, -0.25) is 4.79 Å². The number of hydrazone groups is 1. The van der Waals surface area contributed by atoms with Crippen molar-refractivity contribution < 1.29 is 14.3 Å². The summed E-state index contributed by atoms with van der Waals surface area (Å²) in [5.74, 6) is 0.936. The van der Waals surface area contributed by atoms with Gasteiger partial charge in [0, 0.05) is 10.0 Å². The maximum atomic E-state index is 12.0. The van der Waals surface area contributed by atoms with Crippen LogP contribution in [-0.2, 0) is 0 Å². The summed E-state index contributed by atoms with van der Waals surface area (Å²) in [5, 5.41) is 3.98. The molecule has 0 saturated carbocycles. The van der Waals surface area contributed by atoms with E-state index >= 15 is 0 Å². The number of halogens is 2. The number of rotatable bonds is 6. The molecule has 1 amide bonds. The molecule has 0 aliphatic heterocycles. The number of benzene rings is 2. The lowest BCUT2D eigenvalue weighted by molar-refractivity contribution is 0.0955. The van der Waals surface area contributed by atoms with Crippen LogP contribution in [0.4, 0.5) is 0 Å². The maximum absolute atomic E-state index is 12.0. The standard InChI is InChI=1S/C17H16Br2N2O3/c1-3-24-16-14(19)7-11(8-15(16)23-2)10-20-21-17(22)12-5-4-6-13(18)9-12/h4-10H,3H2,1-2H3,(H,21,22)/b20-10-. The van der Waals surface area contributed by atoms with Crippen LogP contribution in [0.2, 0.25) is 0 Å². The molecular formula is C17H16Br2N2O3. The Balaban J connectivity index is 2.11. The van der Waals surface area contributed by atoms with E-state index in [2.05, 4.69) is 42.4 Å². The minimum atomic E-state index is -0.287. The largest absolute Gasteiger partial charge is 0.493 e. The molecular weight excluding hydrogens is 440 g/mol. The van der Waals surface area contributed by atoms with E-state index in [-0.39, 0.29) is 5.91 Å².